The van der Waals surface area contributed by atoms with Crippen LogP contribution in [-0.4, -0.2) is 51.7 Å². The summed E-state index contributed by atoms with van der Waals surface area (Å²) in [5.41, 5.74) is 2.66. The average Bonchev–Trinajstić information content (AvgIpc) is 3.44. The number of benzene rings is 2. The van der Waals surface area contributed by atoms with E-state index in [1.54, 1.807) is 14.2 Å². The Bertz CT molecular complexity index is 1140. The topological polar surface area (TPSA) is 79.9 Å². The van der Waals surface area contributed by atoms with Crippen LogP contribution >= 0.6 is 11.3 Å². The summed E-state index contributed by atoms with van der Waals surface area (Å²) in [5, 5.41) is 8.10. The minimum atomic E-state index is -0.0887. The predicted molar refractivity (Wildman–Crippen MR) is 139 cm³/mol. The molecule has 1 aromatic heterocycles. The standard InChI is InChI=1S/C27H31N3O4S/c1-33-23-10-9-19(18-24(23)34-2)11-14-28-26(31)21-6-3-4-7-22(21)30-15-12-20(13-16-30)29-27(32)25-8-5-17-35-25/h3-10,17-18,20H,11-16H2,1-2H3,(H,28,31)(H,29,32). The van der Waals surface area contributed by atoms with Gasteiger partial charge in [0.2, 0.25) is 0 Å². The molecule has 1 aliphatic rings. The summed E-state index contributed by atoms with van der Waals surface area (Å²) in [6, 6.07) is 17.4. The molecule has 1 aliphatic heterocycles. The number of piperidine rings is 1. The van der Waals surface area contributed by atoms with Crippen LogP contribution in [0.25, 0.3) is 0 Å². The highest BCUT2D eigenvalue weighted by molar-refractivity contribution is 7.12. The minimum Gasteiger partial charge on any atom is -0.493 e. The Hall–Kier alpha value is -3.52. The molecule has 2 heterocycles. The van der Waals surface area contributed by atoms with Gasteiger partial charge in [0.25, 0.3) is 11.8 Å². The molecule has 0 aliphatic carbocycles. The monoisotopic (exact) mass is 493 g/mol. The first-order valence-corrected chi connectivity index (χ1v) is 12.6. The van der Waals surface area contributed by atoms with Crippen LogP contribution < -0.4 is 25.0 Å². The molecule has 1 fully saturated rings. The summed E-state index contributed by atoms with van der Waals surface area (Å²) in [7, 11) is 3.22. The van der Waals surface area contributed by atoms with Crippen LogP contribution in [0.2, 0.25) is 0 Å². The Morgan fingerprint density at radius 2 is 1.74 bits per heavy atom. The van der Waals surface area contributed by atoms with Gasteiger partial charge in [0.05, 0.1) is 24.7 Å². The fraction of sp³-hybridized carbons (Fsp3) is 0.333. The number of amides is 2. The number of carbonyl (C=O) groups is 2. The number of ether oxygens (including phenoxy) is 2. The van der Waals surface area contributed by atoms with Crippen molar-refractivity contribution in [1.29, 1.82) is 0 Å². The zero-order valence-corrected chi connectivity index (χ0v) is 20.9. The zero-order chi connectivity index (χ0) is 24.6. The first kappa shape index (κ1) is 24.6. The summed E-state index contributed by atoms with van der Waals surface area (Å²) >= 11 is 1.45. The van der Waals surface area contributed by atoms with Gasteiger partial charge in [-0.25, -0.2) is 0 Å². The van der Waals surface area contributed by atoms with E-state index in [9.17, 15) is 9.59 Å². The number of anilines is 1. The molecule has 1 saturated heterocycles. The van der Waals surface area contributed by atoms with E-state index in [2.05, 4.69) is 15.5 Å². The van der Waals surface area contributed by atoms with Crippen molar-refractivity contribution in [2.45, 2.75) is 25.3 Å². The molecule has 4 rings (SSSR count). The van der Waals surface area contributed by atoms with Crippen LogP contribution in [0, 0.1) is 0 Å². The quantitative estimate of drug-likeness (QED) is 0.469. The molecule has 35 heavy (non-hydrogen) atoms. The maximum absolute atomic E-state index is 13.0. The van der Waals surface area contributed by atoms with Crippen molar-refractivity contribution in [3.8, 4) is 11.5 Å². The van der Waals surface area contributed by atoms with Gasteiger partial charge in [0, 0.05) is 31.4 Å². The Morgan fingerprint density at radius 3 is 2.46 bits per heavy atom. The molecule has 184 valence electrons. The summed E-state index contributed by atoms with van der Waals surface area (Å²) in [5.74, 6) is 1.27. The third kappa shape index (κ3) is 6.14. The molecule has 7 nitrogen and oxygen atoms in total. The highest BCUT2D eigenvalue weighted by Crippen LogP contribution is 2.28. The summed E-state index contributed by atoms with van der Waals surface area (Å²) < 4.78 is 10.6. The Morgan fingerprint density at radius 1 is 0.971 bits per heavy atom. The second-order valence-electron chi connectivity index (χ2n) is 8.42. The lowest BCUT2D eigenvalue weighted by Crippen LogP contribution is -2.45. The first-order chi connectivity index (χ1) is 17.1. The van der Waals surface area contributed by atoms with Gasteiger partial charge in [0.1, 0.15) is 0 Å². The largest absolute Gasteiger partial charge is 0.493 e. The van der Waals surface area contributed by atoms with Crippen molar-refractivity contribution >= 4 is 28.8 Å². The maximum Gasteiger partial charge on any atom is 0.261 e. The summed E-state index contributed by atoms with van der Waals surface area (Å²) in [4.78, 5) is 28.4. The smallest absolute Gasteiger partial charge is 0.261 e. The normalized spacial score (nSPS) is 13.8. The van der Waals surface area contributed by atoms with Gasteiger partial charge in [0.15, 0.2) is 11.5 Å². The third-order valence-corrected chi connectivity index (χ3v) is 7.08. The Kier molecular flexibility index (Phi) is 8.26. The number of para-hydroxylation sites is 1. The highest BCUT2D eigenvalue weighted by atomic mass is 32.1. The van der Waals surface area contributed by atoms with Gasteiger partial charge >= 0.3 is 0 Å². The third-order valence-electron chi connectivity index (χ3n) is 6.21. The first-order valence-electron chi connectivity index (χ1n) is 11.8. The van der Waals surface area contributed by atoms with Gasteiger partial charge in [-0.15, -0.1) is 11.3 Å². The van der Waals surface area contributed by atoms with Crippen molar-refractivity contribution in [2.24, 2.45) is 0 Å². The lowest BCUT2D eigenvalue weighted by Gasteiger charge is -2.34. The Balaban J connectivity index is 1.31. The second-order valence-corrected chi connectivity index (χ2v) is 9.37. The van der Waals surface area contributed by atoms with E-state index in [-0.39, 0.29) is 17.9 Å². The average molecular weight is 494 g/mol. The lowest BCUT2D eigenvalue weighted by molar-refractivity contribution is 0.0933. The molecule has 0 bridgehead atoms. The number of thiophene rings is 1. The van der Waals surface area contributed by atoms with E-state index in [4.69, 9.17) is 9.47 Å². The van der Waals surface area contributed by atoms with Crippen molar-refractivity contribution < 1.29 is 19.1 Å². The fourth-order valence-electron chi connectivity index (χ4n) is 4.32. The summed E-state index contributed by atoms with van der Waals surface area (Å²) in [6.45, 7) is 2.08. The molecular weight excluding hydrogens is 462 g/mol. The van der Waals surface area contributed by atoms with Crippen LogP contribution in [0.15, 0.2) is 60.0 Å². The van der Waals surface area contributed by atoms with Crippen LogP contribution in [-0.2, 0) is 6.42 Å². The molecular formula is C27H31N3O4S. The molecule has 3 aromatic rings. The number of rotatable bonds is 9. The van der Waals surface area contributed by atoms with E-state index < -0.39 is 0 Å². The van der Waals surface area contributed by atoms with Crippen LogP contribution in [0.1, 0.15) is 38.4 Å². The van der Waals surface area contributed by atoms with E-state index in [1.807, 2.05) is 60.0 Å². The predicted octanol–water partition coefficient (Wildman–Crippen LogP) is 4.14. The number of nitrogens with one attached hydrogen (secondary N) is 2. The van der Waals surface area contributed by atoms with E-state index in [1.165, 1.54) is 11.3 Å². The minimum absolute atomic E-state index is 0.00675. The summed E-state index contributed by atoms with van der Waals surface area (Å²) in [6.07, 6.45) is 2.36. The molecule has 2 amide bonds. The van der Waals surface area contributed by atoms with Crippen molar-refractivity contribution in [2.75, 3.05) is 38.8 Å². The zero-order valence-electron chi connectivity index (χ0n) is 20.1. The lowest BCUT2D eigenvalue weighted by atomic mass is 10.0. The second kappa shape index (κ2) is 11.8. The number of hydrogen-bond donors (Lipinski definition) is 2. The van der Waals surface area contributed by atoms with E-state index >= 15 is 0 Å². The molecule has 0 radical (unpaired) electrons. The molecule has 0 unspecified atom stereocenters. The maximum atomic E-state index is 13.0. The highest BCUT2D eigenvalue weighted by Gasteiger charge is 2.24. The fourth-order valence-corrected chi connectivity index (χ4v) is 4.95. The van der Waals surface area contributed by atoms with Crippen LogP contribution in [0.3, 0.4) is 0 Å². The van der Waals surface area contributed by atoms with E-state index in [0.29, 0.717) is 30.0 Å². The molecule has 2 N–H and O–H groups in total. The molecule has 8 heteroatoms. The van der Waals surface area contributed by atoms with Crippen LogP contribution in [0.4, 0.5) is 5.69 Å². The molecule has 0 saturated carbocycles. The molecule has 2 aromatic carbocycles. The number of carbonyl (C=O) groups excluding carboxylic acids is 2. The number of hydrogen-bond acceptors (Lipinski definition) is 6. The van der Waals surface area contributed by atoms with Gasteiger partial charge in [-0.1, -0.05) is 24.3 Å². The number of nitrogens with zero attached hydrogens (tertiary/aromatic N) is 1. The van der Waals surface area contributed by atoms with Gasteiger partial charge in [-0.2, -0.15) is 0 Å². The van der Waals surface area contributed by atoms with Gasteiger partial charge < -0.3 is 25.0 Å². The van der Waals surface area contributed by atoms with Gasteiger partial charge in [-0.3, -0.25) is 9.59 Å². The number of methoxy groups -OCH3 is 2. The SMILES string of the molecule is COc1ccc(CCNC(=O)c2ccccc2N2CCC(NC(=O)c3cccs3)CC2)cc1OC. The Labute approximate surface area is 210 Å². The van der Waals surface area contributed by atoms with Crippen molar-refractivity contribution in [3.05, 3.63) is 76.0 Å². The van der Waals surface area contributed by atoms with Crippen LogP contribution in [0.5, 0.6) is 11.5 Å². The van der Waals surface area contributed by atoms with E-state index in [0.717, 1.165) is 42.1 Å². The molecule has 0 atom stereocenters. The molecule has 0 spiro atoms. The van der Waals surface area contributed by atoms with Crippen molar-refractivity contribution in [1.82, 2.24) is 10.6 Å². The van der Waals surface area contributed by atoms with Gasteiger partial charge in [-0.05, 0) is 60.5 Å². The van der Waals surface area contributed by atoms with Crippen molar-refractivity contribution in [3.63, 3.8) is 0 Å².